The molecule has 5 nitrogen and oxygen atoms in total. The molecule has 9 aromatic rings. The summed E-state index contributed by atoms with van der Waals surface area (Å²) >= 11 is 0. The number of anilines is 4. The fourth-order valence-corrected chi connectivity index (χ4v) is 9.86. The van der Waals surface area contributed by atoms with Crippen molar-refractivity contribution in [1.82, 2.24) is 9.55 Å². The summed E-state index contributed by atoms with van der Waals surface area (Å²) in [6.45, 7) is 23.6. The van der Waals surface area contributed by atoms with Crippen molar-refractivity contribution >= 4 is 44.6 Å². The summed E-state index contributed by atoms with van der Waals surface area (Å²) in [6, 6.07) is 62.0. The molecule has 0 aliphatic carbocycles. The Morgan fingerprint density at radius 3 is 1.84 bits per heavy atom. The average Bonchev–Trinajstić information content (AvgIpc) is 3.87. The standard InChI is InChI=1S/C62H62N4O/c1-41(2)51-22-14-15-23-52(51)42-32-47(38-50(33-42)67-49-28-29-54-53-24-16-17-25-55(53)66(58(54)39-49)59-37-44(30-31-63-59)60(3,4)5)64-40-65(57-27-19-18-26-56(57)64)48-35-45(61(6,7)8)34-46(36-48)62(9,10)43-20-12-11-13-21-43/h11-39,41H,40H2,1-10H3. The Bertz CT molecular complexity index is 3290. The van der Waals surface area contributed by atoms with Crippen LogP contribution in [0, 0.1) is 0 Å². The molecule has 0 spiro atoms. The molecule has 0 saturated carbocycles. The quantitative estimate of drug-likeness (QED) is 0.145. The van der Waals surface area contributed by atoms with Crippen LogP contribution < -0.4 is 14.5 Å². The van der Waals surface area contributed by atoms with E-state index in [1.165, 1.54) is 50.1 Å². The second-order valence-electron chi connectivity index (χ2n) is 21.2. The second-order valence-corrected chi connectivity index (χ2v) is 21.2. The van der Waals surface area contributed by atoms with Crippen molar-refractivity contribution in [1.29, 1.82) is 0 Å². The summed E-state index contributed by atoms with van der Waals surface area (Å²) in [6.07, 6.45) is 1.93. The molecule has 0 atom stereocenters. The predicted molar refractivity (Wildman–Crippen MR) is 283 cm³/mol. The molecule has 0 unspecified atom stereocenters. The van der Waals surface area contributed by atoms with Crippen LogP contribution in [0.5, 0.6) is 11.5 Å². The van der Waals surface area contributed by atoms with E-state index in [4.69, 9.17) is 9.72 Å². The van der Waals surface area contributed by atoms with Crippen molar-refractivity contribution in [2.24, 2.45) is 0 Å². The smallest absolute Gasteiger partial charge is 0.137 e. The molecule has 5 heteroatoms. The SMILES string of the molecule is CC(C)c1ccccc1-c1cc(Oc2ccc3c4ccccc4n(-c4cc(C(C)(C)C)ccn4)c3c2)cc(N2CN(c3cc(C(C)(C)C)cc(C(C)(C)c4ccccc4)c3)c3ccccc32)c1. The summed E-state index contributed by atoms with van der Waals surface area (Å²) in [5, 5.41) is 2.34. The Hall–Kier alpha value is -7.11. The zero-order chi connectivity index (χ0) is 46.8. The number of benzene rings is 7. The van der Waals surface area contributed by atoms with Crippen LogP contribution in [0.25, 0.3) is 38.8 Å². The summed E-state index contributed by atoms with van der Waals surface area (Å²) < 4.78 is 9.37. The van der Waals surface area contributed by atoms with Gasteiger partial charge in [0.2, 0.25) is 0 Å². The molecular weight excluding hydrogens is 817 g/mol. The molecule has 3 heterocycles. The number of rotatable bonds is 9. The first-order chi connectivity index (χ1) is 32.0. The molecule has 0 N–H and O–H groups in total. The lowest BCUT2D eigenvalue weighted by atomic mass is 9.75. The van der Waals surface area contributed by atoms with E-state index >= 15 is 0 Å². The van der Waals surface area contributed by atoms with Gasteiger partial charge in [0.05, 0.1) is 22.4 Å². The molecule has 336 valence electrons. The van der Waals surface area contributed by atoms with E-state index in [-0.39, 0.29) is 16.2 Å². The maximum Gasteiger partial charge on any atom is 0.137 e. The first kappa shape index (κ1) is 43.8. The summed E-state index contributed by atoms with van der Waals surface area (Å²) in [5.74, 6) is 2.77. The number of nitrogens with zero attached hydrogens (tertiary/aromatic N) is 4. The normalized spacial score (nSPS) is 13.2. The highest BCUT2D eigenvalue weighted by Crippen LogP contribution is 2.48. The van der Waals surface area contributed by atoms with Crippen molar-refractivity contribution < 1.29 is 4.74 Å². The van der Waals surface area contributed by atoms with Gasteiger partial charge in [0.15, 0.2) is 0 Å². The molecule has 0 radical (unpaired) electrons. The van der Waals surface area contributed by atoms with Crippen LogP contribution in [-0.2, 0) is 16.2 Å². The van der Waals surface area contributed by atoms with E-state index < -0.39 is 0 Å². The lowest BCUT2D eigenvalue weighted by molar-refractivity contribution is 0.483. The van der Waals surface area contributed by atoms with Crippen molar-refractivity contribution in [2.75, 3.05) is 16.5 Å². The zero-order valence-corrected chi connectivity index (χ0v) is 40.7. The van der Waals surface area contributed by atoms with E-state index in [0.29, 0.717) is 12.6 Å². The Balaban J connectivity index is 1.10. The number of pyridine rings is 1. The molecule has 2 aromatic heterocycles. The zero-order valence-electron chi connectivity index (χ0n) is 40.7. The molecule has 0 fully saturated rings. The Labute approximate surface area is 397 Å². The first-order valence-corrected chi connectivity index (χ1v) is 23.8. The van der Waals surface area contributed by atoms with Gasteiger partial charge in [-0.2, -0.15) is 0 Å². The number of hydrogen-bond acceptors (Lipinski definition) is 4. The van der Waals surface area contributed by atoms with Crippen LogP contribution in [0.3, 0.4) is 0 Å². The highest BCUT2D eigenvalue weighted by Gasteiger charge is 2.32. The molecule has 7 aromatic carbocycles. The highest BCUT2D eigenvalue weighted by molar-refractivity contribution is 6.09. The van der Waals surface area contributed by atoms with Crippen LogP contribution in [0.2, 0.25) is 0 Å². The van der Waals surface area contributed by atoms with Gasteiger partial charge < -0.3 is 14.5 Å². The number of ether oxygens (including phenoxy) is 1. The lowest BCUT2D eigenvalue weighted by Crippen LogP contribution is -2.26. The van der Waals surface area contributed by atoms with Crippen LogP contribution >= 0.6 is 0 Å². The maximum absolute atomic E-state index is 7.09. The van der Waals surface area contributed by atoms with Gasteiger partial charge in [-0.05, 0) is 122 Å². The van der Waals surface area contributed by atoms with Crippen LogP contribution in [0.4, 0.5) is 22.7 Å². The third kappa shape index (κ3) is 8.15. The van der Waals surface area contributed by atoms with E-state index in [0.717, 1.165) is 50.7 Å². The Kier molecular flexibility index (Phi) is 10.9. The summed E-state index contributed by atoms with van der Waals surface area (Å²) in [7, 11) is 0. The third-order valence-corrected chi connectivity index (χ3v) is 13.9. The lowest BCUT2D eigenvalue weighted by Gasteiger charge is -2.32. The van der Waals surface area contributed by atoms with Crippen LogP contribution in [0.1, 0.15) is 103 Å². The van der Waals surface area contributed by atoms with Gasteiger partial charge in [-0.1, -0.05) is 160 Å². The van der Waals surface area contributed by atoms with Crippen molar-refractivity contribution in [3.8, 4) is 28.4 Å². The van der Waals surface area contributed by atoms with Crippen LogP contribution in [0.15, 0.2) is 176 Å². The number of hydrogen-bond donors (Lipinski definition) is 0. The van der Waals surface area contributed by atoms with Gasteiger partial charge in [-0.15, -0.1) is 0 Å². The molecule has 67 heavy (non-hydrogen) atoms. The molecule has 1 aliphatic rings. The van der Waals surface area contributed by atoms with Gasteiger partial charge in [0, 0.05) is 45.9 Å². The van der Waals surface area contributed by atoms with E-state index in [2.05, 4.69) is 253 Å². The van der Waals surface area contributed by atoms with Crippen molar-refractivity contribution in [3.05, 3.63) is 204 Å². The molecular formula is C62H62N4O. The molecule has 0 bridgehead atoms. The van der Waals surface area contributed by atoms with Gasteiger partial charge in [0.25, 0.3) is 0 Å². The minimum Gasteiger partial charge on any atom is -0.457 e. The second kappa shape index (κ2) is 16.6. The minimum absolute atomic E-state index is 0.0206. The number of fused-ring (bicyclic) bond motifs is 4. The van der Waals surface area contributed by atoms with Gasteiger partial charge >= 0.3 is 0 Å². The third-order valence-electron chi connectivity index (χ3n) is 13.9. The Morgan fingerprint density at radius 2 is 1.12 bits per heavy atom. The van der Waals surface area contributed by atoms with E-state index in [1.807, 2.05) is 6.20 Å². The van der Waals surface area contributed by atoms with Crippen molar-refractivity contribution in [2.45, 2.75) is 91.4 Å². The van der Waals surface area contributed by atoms with Gasteiger partial charge in [-0.25, -0.2) is 4.98 Å². The molecule has 10 rings (SSSR count). The maximum atomic E-state index is 7.09. The first-order valence-electron chi connectivity index (χ1n) is 23.8. The Morgan fingerprint density at radius 1 is 0.493 bits per heavy atom. The molecule has 0 saturated heterocycles. The fraction of sp³-hybridized carbons (Fsp3) is 0.242. The largest absolute Gasteiger partial charge is 0.457 e. The van der Waals surface area contributed by atoms with Gasteiger partial charge in [0.1, 0.15) is 24.0 Å². The minimum atomic E-state index is -0.203. The summed E-state index contributed by atoms with van der Waals surface area (Å²) in [5.41, 5.74) is 15.3. The highest BCUT2D eigenvalue weighted by atomic mass is 16.5. The predicted octanol–water partition coefficient (Wildman–Crippen LogP) is 16.9. The van der Waals surface area contributed by atoms with E-state index in [1.54, 1.807) is 0 Å². The number of aromatic nitrogens is 2. The van der Waals surface area contributed by atoms with E-state index in [9.17, 15) is 0 Å². The topological polar surface area (TPSA) is 33.5 Å². The van der Waals surface area contributed by atoms with Gasteiger partial charge in [-0.3, -0.25) is 4.57 Å². The van der Waals surface area contributed by atoms with Crippen molar-refractivity contribution in [3.63, 3.8) is 0 Å². The summed E-state index contributed by atoms with van der Waals surface area (Å²) in [4.78, 5) is 9.87. The number of para-hydroxylation sites is 3. The monoisotopic (exact) mass is 878 g/mol. The fourth-order valence-electron chi connectivity index (χ4n) is 9.86. The average molecular weight is 879 g/mol. The molecule has 1 aliphatic heterocycles. The van der Waals surface area contributed by atoms with Crippen LogP contribution in [-0.4, -0.2) is 16.2 Å². The molecule has 0 amide bonds.